The van der Waals surface area contributed by atoms with Gasteiger partial charge in [0, 0.05) is 0 Å². The van der Waals surface area contributed by atoms with E-state index < -0.39 is 0 Å². The lowest BCUT2D eigenvalue weighted by Gasteiger charge is -2.53. The normalized spacial score (nSPS) is 40.9. The van der Waals surface area contributed by atoms with E-state index in [1.807, 2.05) is 0 Å². The van der Waals surface area contributed by atoms with Gasteiger partial charge in [-0.15, -0.1) is 6.58 Å². The summed E-state index contributed by atoms with van der Waals surface area (Å²) >= 11 is 0. The van der Waals surface area contributed by atoms with Gasteiger partial charge in [0.05, 0.1) is 6.10 Å². The van der Waals surface area contributed by atoms with Crippen molar-refractivity contribution in [3.05, 3.63) is 42.0 Å². The predicted octanol–water partition coefficient (Wildman–Crippen LogP) is 7.06. The molecule has 0 N–H and O–H groups in total. The maximum atomic E-state index is 6.29. The molecule has 1 nitrogen and oxygen atoms in total. The number of ether oxygens (including phenoxy) is 1. The molecular weight excluding hydrogens is 328 g/mol. The van der Waals surface area contributed by atoms with Gasteiger partial charge < -0.3 is 4.74 Å². The summed E-state index contributed by atoms with van der Waals surface area (Å²) in [4.78, 5) is 0. The van der Waals surface area contributed by atoms with E-state index in [-0.39, 0.29) is 0 Å². The number of hydrogen-bond donors (Lipinski definition) is 0. The van der Waals surface area contributed by atoms with Crippen LogP contribution in [0.3, 0.4) is 0 Å². The first-order valence-corrected chi connectivity index (χ1v) is 11.5. The lowest BCUT2D eigenvalue weighted by Crippen LogP contribution is -2.45. The van der Waals surface area contributed by atoms with E-state index in [2.05, 4.69) is 44.7 Å². The Hall–Kier alpha value is -1.24. The number of rotatable bonds is 3. The van der Waals surface area contributed by atoms with Crippen LogP contribution in [0, 0.1) is 22.7 Å². The third kappa shape index (κ3) is 2.64. The first-order valence-electron chi connectivity index (χ1n) is 11.5. The van der Waals surface area contributed by atoms with Crippen molar-refractivity contribution >= 4 is 0 Å². The van der Waals surface area contributed by atoms with Crippen LogP contribution in [0.4, 0.5) is 0 Å². The van der Waals surface area contributed by atoms with Gasteiger partial charge in [0.2, 0.25) is 0 Å². The van der Waals surface area contributed by atoms with E-state index in [9.17, 15) is 0 Å². The van der Waals surface area contributed by atoms with E-state index in [1.165, 1.54) is 64.2 Å². The van der Waals surface area contributed by atoms with Crippen LogP contribution in [0.15, 0.2) is 30.9 Å². The second-order valence-corrected chi connectivity index (χ2v) is 10.4. The minimum Gasteiger partial charge on any atom is -0.490 e. The Bertz CT molecular complexity index is 730. The molecule has 3 fully saturated rings. The van der Waals surface area contributed by atoms with E-state index in [0.717, 1.165) is 23.5 Å². The zero-order valence-electron chi connectivity index (χ0n) is 17.3. The molecule has 4 aliphatic rings. The fourth-order valence-electron chi connectivity index (χ4n) is 7.47. The van der Waals surface area contributed by atoms with Crippen molar-refractivity contribution in [2.24, 2.45) is 22.7 Å². The van der Waals surface area contributed by atoms with Gasteiger partial charge in [0.15, 0.2) is 0 Å². The van der Waals surface area contributed by atoms with Crippen LogP contribution < -0.4 is 4.74 Å². The Kier molecular flexibility index (Phi) is 4.22. The minimum absolute atomic E-state index is 0.335. The predicted molar refractivity (Wildman–Crippen MR) is 112 cm³/mol. The summed E-state index contributed by atoms with van der Waals surface area (Å²) < 4.78 is 6.29. The molecule has 5 atom stereocenters. The Balaban J connectivity index is 1.39. The molecule has 5 rings (SSSR count). The van der Waals surface area contributed by atoms with Crippen LogP contribution in [0.2, 0.25) is 0 Å². The average Bonchev–Trinajstić information content (AvgIpc) is 3.28. The lowest BCUT2D eigenvalue weighted by molar-refractivity contribution is 0.00490. The molecule has 1 aromatic rings. The van der Waals surface area contributed by atoms with Crippen LogP contribution in [0.25, 0.3) is 0 Å². The Morgan fingerprint density at radius 2 is 1.85 bits per heavy atom. The Labute approximate surface area is 165 Å². The highest BCUT2D eigenvalue weighted by Crippen LogP contribution is 2.67. The number of allylic oxidation sites excluding steroid dienone is 1. The van der Waals surface area contributed by atoms with Crippen molar-refractivity contribution in [2.75, 3.05) is 0 Å². The highest BCUT2D eigenvalue weighted by atomic mass is 16.5. The van der Waals surface area contributed by atoms with Crippen LogP contribution in [-0.4, -0.2) is 6.10 Å². The second-order valence-electron chi connectivity index (χ2n) is 10.4. The maximum Gasteiger partial charge on any atom is 0.120 e. The highest BCUT2D eigenvalue weighted by molar-refractivity contribution is 5.41. The Morgan fingerprint density at radius 1 is 1.04 bits per heavy atom. The zero-order valence-corrected chi connectivity index (χ0v) is 17.3. The van der Waals surface area contributed by atoms with Gasteiger partial charge in [-0.3, -0.25) is 0 Å². The van der Waals surface area contributed by atoms with Crippen LogP contribution in [0.5, 0.6) is 5.75 Å². The van der Waals surface area contributed by atoms with Gasteiger partial charge in [-0.1, -0.05) is 26.0 Å². The smallest absolute Gasteiger partial charge is 0.120 e. The SMILES string of the molecule is C=C[C@@]1(C)CC[C@H]2[C@@H]3CCc4cc(OC5CCCC5)ccc4[C@H]3CC[C@@]21C. The summed E-state index contributed by atoms with van der Waals surface area (Å²) in [6, 6.07) is 7.09. The molecule has 0 bridgehead atoms. The van der Waals surface area contributed by atoms with Crippen molar-refractivity contribution in [1.29, 1.82) is 0 Å². The standard InChI is InChI=1S/C26H36O/c1-4-25(2)15-14-24-23-11-9-18-17-20(27-19-7-5-6-8-19)10-12-21(18)22(23)13-16-26(24,25)3/h4,10,12,17,19,22-24H,1,5-9,11,13-16H2,2-3H3/t22-,23-,24+,25+,26+/m1/s1. The molecule has 0 aliphatic heterocycles. The van der Waals surface area contributed by atoms with E-state index in [0.29, 0.717) is 16.9 Å². The third-order valence-corrected chi connectivity index (χ3v) is 9.42. The molecule has 0 spiro atoms. The van der Waals surface area contributed by atoms with Crippen LogP contribution >= 0.6 is 0 Å². The Morgan fingerprint density at radius 3 is 2.63 bits per heavy atom. The molecule has 0 amide bonds. The summed E-state index contributed by atoms with van der Waals surface area (Å²) in [7, 11) is 0. The molecule has 0 heterocycles. The molecule has 3 saturated carbocycles. The lowest BCUT2D eigenvalue weighted by atomic mass is 9.51. The molecule has 0 saturated heterocycles. The van der Waals surface area contributed by atoms with Gasteiger partial charge in [-0.05, 0) is 116 Å². The number of hydrogen-bond acceptors (Lipinski definition) is 1. The number of fused-ring (bicyclic) bond motifs is 5. The average molecular weight is 365 g/mol. The fraction of sp³-hybridized carbons (Fsp3) is 0.692. The van der Waals surface area contributed by atoms with Crippen molar-refractivity contribution in [1.82, 2.24) is 0 Å². The fourth-order valence-corrected chi connectivity index (χ4v) is 7.47. The molecule has 0 unspecified atom stereocenters. The highest BCUT2D eigenvalue weighted by Gasteiger charge is 2.58. The van der Waals surface area contributed by atoms with Gasteiger partial charge in [-0.25, -0.2) is 0 Å². The molecule has 1 aromatic carbocycles. The van der Waals surface area contributed by atoms with Gasteiger partial charge in [-0.2, -0.15) is 0 Å². The molecule has 27 heavy (non-hydrogen) atoms. The molecule has 0 radical (unpaired) electrons. The summed E-state index contributed by atoms with van der Waals surface area (Å²) in [6.07, 6.45) is 16.0. The van der Waals surface area contributed by atoms with Crippen molar-refractivity contribution < 1.29 is 4.74 Å². The topological polar surface area (TPSA) is 9.23 Å². The first kappa shape index (κ1) is 17.8. The number of aryl methyl sites for hydroxylation is 1. The molecule has 1 heteroatoms. The monoisotopic (exact) mass is 364 g/mol. The zero-order chi connectivity index (χ0) is 18.6. The third-order valence-electron chi connectivity index (χ3n) is 9.42. The summed E-state index contributed by atoms with van der Waals surface area (Å²) in [5.41, 5.74) is 4.03. The minimum atomic E-state index is 0.335. The summed E-state index contributed by atoms with van der Waals surface area (Å²) in [5, 5.41) is 0. The molecule has 0 aromatic heterocycles. The van der Waals surface area contributed by atoms with Crippen molar-refractivity contribution in [3.63, 3.8) is 0 Å². The van der Waals surface area contributed by atoms with E-state index >= 15 is 0 Å². The maximum absolute atomic E-state index is 6.29. The number of benzene rings is 1. The van der Waals surface area contributed by atoms with Crippen LogP contribution in [0.1, 0.15) is 88.7 Å². The summed E-state index contributed by atoms with van der Waals surface area (Å²) in [5.74, 6) is 3.65. The quantitative estimate of drug-likeness (QED) is 0.522. The first-order chi connectivity index (χ1) is 13.0. The second kappa shape index (κ2) is 6.39. The van der Waals surface area contributed by atoms with Gasteiger partial charge in [0.25, 0.3) is 0 Å². The van der Waals surface area contributed by atoms with E-state index in [1.54, 1.807) is 11.1 Å². The van der Waals surface area contributed by atoms with Crippen molar-refractivity contribution in [2.45, 2.75) is 90.1 Å². The van der Waals surface area contributed by atoms with Gasteiger partial charge >= 0.3 is 0 Å². The molecule has 4 aliphatic carbocycles. The van der Waals surface area contributed by atoms with Crippen LogP contribution in [-0.2, 0) is 6.42 Å². The van der Waals surface area contributed by atoms with Crippen molar-refractivity contribution in [3.8, 4) is 5.75 Å². The van der Waals surface area contributed by atoms with Gasteiger partial charge in [0.1, 0.15) is 5.75 Å². The molecular formula is C26H36O. The summed E-state index contributed by atoms with van der Waals surface area (Å²) in [6.45, 7) is 9.28. The molecule has 146 valence electrons. The largest absolute Gasteiger partial charge is 0.490 e. The van der Waals surface area contributed by atoms with E-state index in [4.69, 9.17) is 4.74 Å².